The van der Waals surface area contributed by atoms with Gasteiger partial charge < -0.3 is 25.0 Å². The SMILES string of the molecule is CN=C(NCC1(SC)CCOCC1)NC1CCCN(c2cccc(OC)c2)C1.I. The van der Waals surface area contributed by atoms with Crippen LogP contribution in [0, 0.1) is 0 Å². The van der Waals surface area contributed by atoms with Crippen molar-refractivity contribution in [3.05, 3.63) is 24.3 Å². The summed E-state index contributed by atoms with van der Waals surface area (Å²) in [6, 6.07) is 8.70. The number of thioether (sulfide) groups is 1. The number of nitrogens with one attached hydrogen (secondary N) is 2. The van der Waals surface area contributed by atoms with E-state index >= 15 is 0 Å². The minimum atomic E-state index is 0. The molecule has 8 heteroatoms. The molecule has 0 spiro atoms. The molecular formula is C21H35IN4O2S. The van der Waals surface area contributed by atoms with Crippen LogP contribution in [0.2, 0.25) is 0 Å². The molecule has 0 bridgehead atoms. The highest BCUT2D eigenvalue weighted by molar-refractivity contribution is 14.0. The maximum Gasteiger partial charge on any atom is 0.191 e. The third kappa shape index (κ3) is 6.82. The zero-order valence-electron chi connectivity index (χ0n) is 17.8. The molecule has 2 aliphatic rings. The Morgan fingerprint density at radius 1 is 1.38 bits per heavy atom. The first-order valence-electron chi connectivity index (χ1n) is 10.2. The van der Waals surface area contributed by atoms with Crippen molar-refractivity contribution in [1.29, 1.82) is 0 Å². The van der Waals surface area contributed by atoms with Crippen LogP contribution in [-0.2, 0) is 4.74 Å². The van der Waals surface area contributed by atoms with Crippen molar-refractivity contribution < 1.29 is 9.47 Å². The summed E-state index contributed by atoms with van der Waals surface area (Å²) in [6.45, 7) is 4.67. The summed E-state index contributed by atoms with van der Waals surface area (Å²) in [6.07, 6.45) is 6.70. The predicted octanol–water partition coefficient (Wildman–Crippen LogP) is 3.36. The highest BCUT2D eigenvalue weighted by Crippen LogP contribution is 2.33. The molecule has 2 aliphatic heterocycles. The first kappa shape index (κ1) is 24.4. The van der Waals surface area contributed by atoms with Gasteiger partial charge in [-0.1, -0.05) is 6.07 Å². The van der Waals surface area contributed by atoms with Gasteiger partial charge in [-0.05, 0) is 44.1 Å². The number of nitrogens with zero attached hydrogens (tertiary/aromatic N) is 2. The van der Waals surface area contributed by atoms with E-state index in [0.29, 0.717) is 6.04 Å². The fourth-order valence-corrected chi connectivity index (χ4v) is 4.76. The van der Waals surface area contributed by atoms with Crippen LogP contribution >= 0.6 is 35.7 Å². The Morgan fingerprint density at radius 2 is 2.17 bits per heavy atom. The van der Waals surface area contributed by atoms with Crippen LogP contribution in [0.15, 0.2) is 29.3 Å². The molecular weight excluding hydrogens is 499 g/mol. The lowest BCUT2D eigenvalue weighted by Gasteiger charge is -2.38. The molecule has 1 atom stereocenters. The summed E-state index contributed by atoms with van der Waals surface area (Å²) in [4.78, 5) is 6.90. The second-order valence-corrected chi connectivity index (χ2v) is 8.83. The van der Waals surface area contributed by atoms with Gasteiger partial charge in [0, 0.05) is 62.4 Å². The monoisotopic (exact) mass is 534 g/mol. The lowest BCUT2D eigenvalue weighted by atomic mass is 9.99. The van der Waals surface area contributed by atoms with Crippen LogP contribution in [0.3, 0.4) is 0 Å². The summed E-state index contributed by atoms with van der Waals surface area (Å²) < 4.78 is 11.2. The second kappa shape index (κ2) is 12.1. The lowest BCUT2D eigenvalue weighted by molar-refractivity contribution is 0.0782. The lowest BCUT2D eigenvalue weighted by Crippen LogP contribution is -2.53. The maximum absolute atomic E-state index is 5.55. The van der Waals surface area contributed by atoms with E-state index in [9.17, 15) is 0 Å². The zero-order chi connectivity index (χ0) is 19.8. The van der Waals surface area contributed by atoms with Crippen molar-refractivity contribution in [2.45, 2.75) is 36.5 Å². The van der Waals surface area contributed by atoms with Crippen molar-refractivity contribution in [1.82, 2.24) is 10.6 Å². The number of hydrogen-bond acceptors (Lipinski definition) is 5. The fraction of sp³-hybridized carbons (Fsp3) is 0.667. The molecule has 0 aliphatic carbocycles. The largest absolute Gasteiger partial charge is 0.497 e. The van der Waals surface area contributed by atoms with Crippen molar-refractivity contribution in [2.24, 2.45) is 4.99 Å². The molecule has 6 nitrogen and oxygen atoms in total. The molecule has 1 aromatic rings. The van der Waals surface area contributed by atoms with E-state index in [1.165, 1.54) is 5.69 Å². The quantitative estimate of drug-likeness (QED) is 0.332. The van der Waals surface area contributed by atoms with Gasteiger partial charge in [-0.2, -0.15) is 11.8 Å². The molecule has 2 N–H and O–H groups in total. The number of methoxy groups -OCH3 is 1. The Kier molecular flexibility index (Phi) is 10.2. The topological polar surface area (TPSA) is 58.1 Å². The first-order valence-corrected chi connectivity index (χ1v) is 11.4. The van der Waals surface area contributed by atoms with E-state index in [2.05, 4.69) is 45.0 Å². The summed E-state index contributed by atoms with van der Waals surface area (Å²) in [5.74, 6) is 1.81. The van der Waals surface area contributed by atoms with Crippen LogP contribution < -0.4 is 20.3 Å². The Hall–Kier alpha value is -0.870. The summed E-state index contributed by atoms with van der Waals surface area (Å²) >= 11 is 1.95. The van der Waals surface area contributed by atoms with E-state index in [0.717, 1.165) is 70.2 Å². The number of benzene rings is 1. The third-order valence-electron chi connectivity index (χ3n) is 5.82. The van der Waals surface area contributed by atoms with Crippen molar-refractivity contribution in [3.8, 4) is 5.75 Å². The van der Waals surface area contributed by atoms with E-state index < -0.39 is 0 Å². The molecule has 0 saturated carbocycles. The van der Waals surface area contributed by atoms with Crippen molar-refractivity contribution >= 4 is 47.4 Å². The predicted molar refractivity (Wildman–Crippen MR) is 134 cm³/mol. The van der Waals surface area contributed by atoms with Gasteiger partial charge in [0.2, 0.25) is 0 Å². The smallest absolute Gasteiger partial charge is 0.191 e. The van der Waals surface area contributed by atoms with Crippen LogP contribution in [0.25, 0.3) is 0 Å². The number of hydrogen-bond donors (Lipinski definition) is 2. The molecule has 1 unspecified atom stereocenters. The Bertz CT molecular complexity index is 655. The number of aliphatic imine (C=N–C) groups is 1. The third-order valence-corrected chi connectivity index (χ3v) is 7.24. The van der Waals surface area contributed by atoms with Gasteiger partial charge >= 0.3 is 0 Å². The van der Waals surface area contributed by atoms with Gasteiger partial charge in [0.25, 0.3) is 0 Å². The van der Waals surface area contributed by atoms with Gasteiger partial charge in [0.1, 0.15) is 5.75 Å². The molecule has 164 valence electrons. The molecule has 2 saturated heterocycles. The number of ether oxygens (including phenoxy) is 2. The van der Waals surface area contributed by atoms with Gasteiger partial charge in [-0.25, -0.2) is 0 Å². The molecule has 3 rings (SSSR count). The number of halogens is 1. The normalized spacial score (nSPS) is 21.8. The van der Waals surface area contributed by atoms with Gasteiger partial charge in [-0.3, -0.25) is 4.99 Å². The maximum atomic E-state index is 5.55. The zero-order valence-corrected chi connectivity index (χ0v) is 20.9. The summed E-state index contributed by atoms with van der Waals surface area (Å²) in [7, 11) is 3.57. The number of rotatable bonds is 6. The first-order chi connectivity index (χ1) is 13.7. The van der Waals surface area contributed by atoms with E-state index in [4.69, 9.17) is 9.47 Å². The molecule has 0 radical (unpaired) electrons. The van der Waals surface area contributed by atoms with Crippen LogP contribution in [-0.4, -0.2) is 70.0 Å². The van der Waals surface area contributed by atoms with Crippen LogP contribution in [0.1, 0.15) is 25.7 Å². The average Bonchev–Trinajstić information content (AvgIpc) is 2.77. The minimum Gasteiger partial charge on any atom is -0.497 e. The fourth-order valence-electron chi connectivity index (χ4n) is 3.97. The van der Waals surface area contributed by atoms with Crippen LogP contribution in [0.4, 0.5) is 5.69 Å². The molecule has 29 heavy (non-hydrogen) atoms. The molecule has 2 heterocycles. The average molecular weight is 535 g/mol. The van der Waals surface area contributed by atoms with Crippen molar-refractivity contribution in [2.75, 3.05) is 58.2 Å². The number of piperidine rings is 1. The summed E-state index contributed by atoms with van der Waals surface area (Å²) in [5, 5.41) is 7.22. The molecule has 0 aromatic heterocycles. The van der Waals surface area contributed by atoms with Gasteiger partial charge in [-0.15, -0.1) is 24.0 Å². The van der Waals surface area contributed by atoms with Gasteiger partial charge in [0.15, 0.2) is 5.96 Å². The Labute approximate surface area is 196 Å². The van der Waals surface area contributed by atoms with E-state index in [1.54, 1.807) is 7.11 Å². The Morgan fingerprint density at radius 3 is 2.86 bits per heavy atom. The molecule has 1 aromatic carbocycles. The Balaban J connectivity index is 0.00000300. The van der Waals surface area contributed by atoms with E-state index in [1.807, 2.05) is 24.9 Å². The second-order valence-electron chi connectivity index (χ2n) is 7.56. The summed E-state index contributed by atoms with van der Waals surface area (Å²) in [5.41, 5.74) is 1.22. The van der Waals surface area contributed by atoms with E-state index in [-0.39, 0.29) is 28.7 Å². The number of guanidine groups is 1. The molecule has 0 amide bonds. The number of anilines is 1. The highest BCUT2D eigenvalue weighted by Gasteiger charge is 2.32. The molecule has 2 fully saturated rings. The highest BCUT2D eigenvalue weighted by atomic mass is 127. The van der Waals surface area contributed by atoms with Gasteiger partial charge in [0.05, 0.1) is 7.11 Å². The van der Waals surface area contributed by atoms with Crippen LogP contribution in [0.5, 0.6) is 5.75 Å². The van der Waals surface area contributed by atoms with Crippen molar-refractivity contribution in [3.63, 3.8) is 0 Å². The minimum absolute atomic E-state index is 0. The standard InChI is InChI=1S/C21H34N4O2S.HI/c1-22-20(23-16-21(28-3)9-12-27-13-10-21)24-17-6-5-11-25(15-17)18-7-4-8-19(14-18)26-2;/h4,7-8,14,17H,5-6,9-13,15-16H2,1-3H3,(H2,22,23,24);1H.